The van der Waals surface area contributed by atoms with Crippen LogP contribution in [0.4, 0.5) is 5.69 Å². The molecular formula is C22H25N7O. The molecule has 5 rings (SSSR count). The van der Waals surface area contributed by atoms with Crippen molar-refractivity contribution in [1.82, 2.24) is 29.5 Å². The van der Waals surface area contributed by atoms with Crippen LogP contribution in [-0.4, -0.2) is 44.3 Å². The maximum Gasteiger partial charge on any atom is 0.263 e. The Morgan fingerprint density at radius 1 is 1.17 bits per heavy atom. The maximum absolute atomic E-state index is 13.3. The Hall–Kier alpha value is -3.26. The quantitative estimate of drug-likeness (QED) is 0.547. The van der Waals surface area contributed by atoms with Gasteiger partial charge in [-0.3, -0.25) is 9.36 Å². The van der Waals surface area contributed by atoms with E-state index in [9.17, 15) is 4.79 Å². The van der Waals surface area contributed by atoms with Gasteiger partial charge in [0, 0.05) is 24.3 Å². The van der Waals surface area contributed by atoms with Crippen LogP contribution < -0.4 is 16.2 Å². The number of aromatic nitrogens is 5. The van der Waals surface area contributed by atoms with Crippen LogP contribution in [0.5, 0.6) is 0 Å². The van der Waals surface area contributed by atoms with E-state index in [0.29, 0.717) is 10.9 Å². The van der Waals surface area contributed by atoms with Crippen molar-refractivity contribution in [2.24, 2.45) is 0 Å². The zero-order valence-electron chi connectivity index (χ0n) is 17.4. The van der Waals surface area contributed by atoms with E-state index in [0.717, 1.165) is 59.8 Å². The lowest BCUT2D eigenvalue weighted by Gasteiger charge is -2.24. The molecule has 1 aromatic carbocycles. The fourth-order valence-electron chi connectivity index (χ4n) is 4.34. The molecule has 0 atom stereocenters. The maximum atomic E-state index is 13.3. The summed E-state index contributed by atoms with van der Waals surface area (Å²) in [6, 6.07) is 6.15. The first-order valence-corrected chi connectivity index (χ1v) is 10.3. The normalized spacial score (nSPS) is 15.2. The van der Waals surface area contributed by atoms with Gasteiger partial charge in [-0.2, -0.15) is 5.10 Å². The van der Waals surface area contributed by atoms with E-state index in [1.54, 1.807) is 10.9 Å². The smallest absolute Gasteiger partial charge is 0.263 e. The summed E-state index contributed by atoms with van der Waals surface area (Å²) in [5, 5.41) is 11.9. The second-order valence-electron chi connectivity index (χ2n) is 7.97. The Balaban J connectivity index is 1.67. The van der Waals surface area contributed by atoms with Gasteiger partial charge in [-0.25, -0.2) is 14.5 Å². The van der Waals surface area contributed by atoms with E-state index >= 15 is 0 Å². The van der Waals surface area contributed by atoms with Crippen molar-refractivity contribution < 1.29 is 0 Å². The molecule has 1 aliphatic heterocycles. The average molecular weight is 403 g/mol. The highest BCUT2D eigenvalue weighted by Crippen LogP contribution is 2.29. The van der Waals surface area contributed by atoms with Crippen LogP contribution in [0, 0.1) is 13.8 Å². The van der Waals surface area contributed by atoms with Crippen molar-refractivity contribution in [1.29, 1.82) is 0 Å². The number of piperidine rings is 1. The number of imidazole rings is 1. The fourth-order valence-corrected chi connectivity index (χ4v) is 4.34. The van der Waals surface area contributed by atoms with Crippen molar-refractivity contribution in [3.8, 4) is 11.3 Å². The lowest BCUT2D eigenvalue weighted by Crippen LogP contribution is -2.34. The summed E-state index contributed by atoms with van der Waals surface area (Å²) in [4.78, 5) is 22.5. The fraction of sp³-hybridized carbons (Fsp3) is 0.364. The lowest BCUT2D eigenvalue weighted by molar-refractivity contribution is 0.359. The molecule has 0 spiro atoms. The van der Waals surface area contributed by atoms with Crippen molar-refractivity contribution in [3.63, 3.8) is 0 Å². The number of benzene rings is 1. The Kier molecular flexibility index (Phi) is 4.51. The summed E-state index contributed by atoms with van der Waals surface area (Å²) in [6.45, 7) is 5.84. The van der Waals surface area contributed by atoms with Crippen LogP contribution in [0.1, 0.15) is 30.1 Å². The van der Waals surface area contributed by atoms with E-state index in [4.69, 9.17) is 5.10 Å². The van der Waals surface area contributed by atoms with Gasteiger partial charge in [0.15, 0.2) is 5.65 Å². The largest absolute Gasteiger partial charge is 0.387 e. The predicted molar refractivity (Wildman–Crippen MR) is 118 cm³/mol. The highest BCUT2D eigenvalue weighted by Gasteiger charge is 2.19. The Morgan fingerprint density at radius 3 is 2.73 bits per heavy atom. The third kappa shape index (κ3) is 3.04. The molecule has 0 aliphatic carbocycles. The Labute approximate surface area is 174 Å². The van der Waals surface area contributed by atoms with Gasteiger partial charge in [0.25, 0.3) is 5.56 Å². The van der Waals surface area contributed by atoms with Crippen LogP contribution in [-0.2, 0) is 0 Å². The molecule has 0 unspecified atom stereocenters. The summed E-state index contributed by atoms with van der Waals surface area (Å²) in [6.07, 6.45) is 5.49. The molecule has 1 saturated heterocycles. The zero-order valence-corrected chi connectivity index (χ0v) is 17.4. The first-order chi connectivity index (χ1) is 14.5. The minimum absolute atomic E-state index is 0.00706. The molecule has 3 aromatic heterocycles. The van der Waals surface area contributed by atoms with Gasteiger partial charge in [0.05, 0.1) is 34.8 Å². The van der Waals surface area contributed by atoms with E-state index in [1.807, 2.05) is 49.8 Å². The summed E-state index contributed by atoms with van der Waals surface area (Å²) >= 11 is 0. The second kappa shape index (κ2) is 7.21. The monoisotopic (exact) mass is 403 g/mol. The van der Waals surface area contributed by atoms with Gasteiger partial charge in [-0.15, -0.1) is 0 Å². The molecule has 4 heterocycles. The first-order valence-electron chi connectivity index (χ1n) is 10.3. The highest BCUT2D eigenvalue weighted by molar-refractivity contribution is 5.94. The van der Waals surface area contributed by atoms with Crippen LogP contribution in [0.2, 0.25) is 0 Å². The third-order valence-electron chi connectivity index (χ3n) is 5.88. The third-order valence-corrected chi connectivity index (χ3v) is 5.88. The number of nitrogens with one attached hydrogen (secondary N) is 2. The van der Waals surface area contributed by atoms with E-state index in [-0.39, 0.29) is 11.6 Å². The van der Waals surface area contributed by atoms with E-state index in [1.165, 1.54) is 0 Å². The van der Waals surface area contributed by atoms with Gasteiger partial charge < -0.3 is 10.6 Å². The van der Waals surface area contributed by atoms with Crippen LogP contribution >= 0.6 is 0 Å². The zero-order chi connectivity index (χ0) is 20.8. The SMILES string of the molecule is CNc1cc(-c2cc(C)c3nc(C)cn3n2)cc2ncn(C3CCNCC3)c(=O)c12. The Bertz CT molecular complexity index is 1310. The van der Waals surface area contributed by atoms with Gasteiger partial charge in [0.2, 0.25) is 0 Å². The van der Waals surface area contributed by atoms with E-state index < -0.39 is 0 Å². The average Bonchev–Trinajstić information content (AvgIpc) is 3.14. The molecule has 8 nitrogen and oxygen atoms in total. The second-order valence-corrected chi connectivity index (χ2v) is 7.97. The van der Waals surface area contributed by atoms with Crippen molar-refractivity contribution >= 4 is 22.2 Å². The molecule has 30 heavy (non-hydrogen) atoms. The molecule has 154 valence electrons. The number of hydrogen-bond donors (Lipinski definition) is 2. The number of aryl methyl sites for hydroxylation is 2. The standard InChI is InChI=1S/C22H25N7O/c1-13-8-17(27-29-11-14(2)26-21(13)29)15-9-18(23-3)20-19(10-15)25-12-28(22(20)30)16-4-6-24-7-5-16/h8-12,16,23-24H,4-7H2,1-3H3. The number of anilines is 1. The molecule has 1 fully saturated rings. The molecule has 4 aromatic rings. The number of fused-ring (bicyclic) bond motifs is 2. The van der Waals surface area contributed by atoms with Crippen LogP contribution in [0.25, 0.3) is 27.8 Å². The van der Waals surface area contributed by atoms with E-state index in [2.05, 4.69) is 20.6 Å². The minimum Gasteiger partial charge on any atom is -0.387 e. The molecule has 0 amide bonds. The summed E-state index contributed by atoms with van der Waals surface area (Å²) < 4.78 is 3.61. The number of nitrogens with zero attached hydrogens (tertiary/aromatic N) is 5. The van der Waals surface area contributed by atoms with Gasteiger partial charge in [0.1, 0.15) is 0 Å². The summed E-state index contributed by atoms with van der Waals surface area (Å²) in [5.74, 6) is 0. The molecule has 2 N–H and O–H groups in total. The summed E-state index contributed by atoms with van der Waals surface area (Å²) in [5.41, 5.74) is 6.01. The van der Waals surface area contributed by atoms with Crippen LogP contribution in [0.3, 0.4) is 0 Å². The molecule has 8 heteroatoms. The van der Waals surface area contributed by atoms with Gasteiger partial charge in [-0.05, 0) is 63.5 Å². The van der Waals surface area contributed by atoms with Crippen molar-refractivity contribution in [3.05, 3.63) is 52.3 Å². The Morgan fingerprint density at radius 2 is 1.97 bits per heavy atom. The van der Waals surface area contributed by atoms with Crippen molar-refractivity contribution in [2.45, 2.75) is 32.7 Å². The van der Waals surface area contributed by atoms with Gasteiger partial charge in [-0.1, -0.05) is 0 Å². The molecule has 0 radical (unpaired) electrons. The highest BCUT2D eigenvalue weighted by atomic mass is 16.1. The predicted octanol–water partition coefficient (Wildman–Crippen LogP) is 2.69. The van der Waals surface area contributed by atoms with Crippen molar-refractivity contribution in [2.75, 3.05) is 25.5 Å². The molecule has 0 saturated carbocycles. The molecule has 1 aliphatic rings. The number of rotatable bonds is 3. The van der Waals surface area contributed by atoms with Crippen LogP contribution in [0.15, 0.2) is 35.5 Å². The lowest BCUT2D eigenvalue weighted by atomic mass is 10.0. The number of hydrogen-bond acceptors (Lipinski definition) is 6. The summed E-state index contributed by atoms with van der Waals surface area (Å²) in [7, 11) is 1.83. The van der Waals surface area contributed by atoms with Gasteiger partial charge >= 0.3 is 0 Å². The topological polar surface area (TPSA) is 89.1 Å². The minimum atomic E-state index is 0.00706. The molecular weight excluding hydrogens is 378 g/mol. The first kappa shape index (κ1) is 18.7. The molecule has 0 bridgehead atoms.